The van der Waals surface area contributed by atoms with E-state index in [2.05, 4.69) is 39.5 Å². The van der Waals surface area contributed by atoms with Gasteiger partial charge in [-0.15, -0.1) is 0 Å². The van der Waals surface area contributed by atoms with E-state index in [-0.39, 0.29) is 5.91 Å². The zero-order valence-electron chi connectivity index (χ0n) is 12.2. The van der Waals surface area contributed by atoms with E-state index in [9.17, 15) is 4.79 Å². The highest BCUT2D eigenvalue weighted by Gasteiger charge is 2.17. The third-order valence-corrected chi connectivity index (χ3v) is 3.80. The number of nitrogens with zero attached hydrogens (tertiary/aromatic N) is 2. The molecule has 0 bridgehead atoms. The van der Waals surface area contributed by atoms with E-state index in [0.717, 1.165) is 25.3 Å². The van der Waals surface area contributed by atoms with E-state index in [1.165, 1.54) is 11.1 Å². The number of anilines is 1. The van der Waals surface area contributed by atoms with Crippen molar-refractivity contribution in [1.82, 2.24) is 10.3 Å². The third kappa shape index (κ3) is 2.89. The number of hydrogen-bond acceptors (Lipinski definition) is 3. The van der Waals surface area contributed by atoms with E-state index in [1.807, 2.05) is 13.0 Å². The van der Waals surface area contributed by atoms with Crippen molar-refractivity contribution < 1.29 is 4.79 Å². The van der Waals surface area contributed by atoms with Crippen molar-refractivity contribution in [3.63, 3.8) is 0 Å². The maximum Gasteiger partial charge on any atom is 0.251 e. The molecule has 1 amide bonds. The standard InChI is InChI=1S/C17H19N3O/c1-2-18-17(21)14-7-9-19-16(11-14)20-10-8-13-5-3-4-6-15(13)12-20/h3-7,9,11H,2,8,10,12H2,1H3,(H,18,21). The normalized spacial score (nSPS) is 13.7. The highest BCUT2D eigenvalue weighted by Crippen LogP contribution is 2.23. The molecule has 0 unspecified atom stereocenters. The van der Waals surface area contributed by atoms with E-state index in [1.54, 1.807) is 12.3 Å². The Kier molecular flexibility index (Phi) is 3.86. The Morgan fingerprint density at radius 3 is 2.90 bits per heavy atom. The summed E-state index contributed by atoms with van der Waals surface area (Å²) in [6.07, 6.45) is 2.73. The number of hydrogen-bond donors (Lipinski definition) is 1. The number of rotatable bonds is 3. The molecule has 4 heteroatoms. The Balaban J connectivity index is 1.82. The van der Waals surface area contributed by atoms with Crippen LogP contribution in [0.2, 0.25) is 0 Å². The number of aromatic nitrogens is 1. The number of benzene rings is 1. The van der Waals surface area contributed by atoms with Crippen LogP contribution >= 0.6 is 0 Å². The molecule has 1 aromatic heterocycles. The summed E-state index contributed by atoms with van der Waals surface area (Å²) in [5, 5.41) is 2.82. The largest absolute Gasteiger partial charge is 0.352 e. The van der Waals surface area contributed by atoms with Crippen LogP contribution in [0.5, 0.6) is 0 Å². The Morgan fingerprint density at radius 2 is 2.10 bits per heavy atom. The van der Waals surface area contributed by atoms with Crippen LogP contribution in [0.15, 0.2) is 42.6 Å². The summed E-state index contributed by atoms with van der Waals surface area (Å²) in [6.45, 7) is 4.33. The van der Waals surface area contributed by atoms with Gasteiger partial charge in [-0.3, -0.25) is 4.79 Å². The van der Waals surface area contributed by atoms with Gasteiger partial charge in [-0.2, -0.15) is 0 Å². The summed E-state index contributed by atoms with van der Waals surface area (Å²) in [5.74, 6) is 0.826. The zero-order chi connectivity index (χ0) is 14.7. The van der Waals surface area contributed by atoms with Crippen LogP contribution < -0.4 is 10.2 Å². The lowest BCUT2D eigenvalue weighted by molar-refractivity contribution is 0.0955. The van der Waals surface area contributed by atoms with Crippen molar-refractivity contribution in [2.45, 2.75) is 19.9 Å². The maximum atomic E-state index is 11.9. The predicted molar refractivity (Wildman–Crippen MR) is 83.4 cm³/mol. The second-order valence-corrected chi connectivity index (χ2v) is 5.20. The van der Waals surface area contributed by atoms with Gasteiger partial charge >= 0.3 is 0 Å². The second-order valence-electron chi connectivity index (χ2n) is 5.20. The Morgan fingerprint density at radius 1 is 1.29 bits per heavy atom. The van der Waals surface area contributed by atoms with Crippen molar-refractivity contribution in [3.05, 3.63) is 59.3 Å². The first-order chi connectivity index (χ1) is 10.3. The first-order valence-electron chi connectivity index (χ1n) is 7.34. The lowest BCUT2D eigenvalue weighted by Gasteiger charge is -2.29. The number of fused-ring (bicyclic) bond motifs is 1. The molecule has 21 heavy (non-hydrogen) atoms. The molecule has 0 radical (unpaired) electrons. The van der Waals surface area contributed by atoms with Gasteiger partial charge < -0.3 is 10.2 Å². The molecule has 0 saturated carbocycles. The fourth-order valence-electron chi connectivity index (χ4n) is 2.69. The molecule has 0 saturated heterocycles. The highest BCUT2D eigenvalue weighted by atomic mass is 16.1. The van der Waals surface area contributed by atoms with Crippen molar-refractivity contribution in [1.29, 1.82) is 0 Å². The van der Waals surface area contributed by atoms with Gasteiger partial charge in [0.1, 0.15) is 5.82 Å². The molecule has 4 nitrogen and oxygen atoms in total. The van der Waals surface area contributed by atoms with Gasteiger partial charge in [0.15, 0.2) is 0 Å². The molecule has 3 rings (SSSR count). The second kappa shape index (κ2) is 5.95. The minimum atomic E-state index is -0.0430. The molecular formula is C17H19N3O. The zero-order valence-corrected chi connectivity index (χ0v) is 12.2. The van der Waals surface area contributed by atoms with E-state index in [0.29, 0.717) is 12.1 Å². The average Bonchev–Trinajstić information content (AvgIpc) is 2.55. The molecule has 0 fully saturated rings. The van der Waals surface area contributed by atoms with Gasteiger partial charge in [-0.25, -0.2) is 4.98 Å². The number of carbonyl (C=O) groups is 1. The van der Waals surface area contributed by atoms with Gasteiger partial charge in [0, 0.05) is 31.4 Å². The smallest absolute Gasteiger partial charge is 0.251 e. The predicted octanol–water partition coefficient (Wildman–Crippen LogP) is 2.39. The van der Waals surface area contributed by atoms with E-state index < -0.39 is 0 Å². The number of amides is 1. The minimum Gasteiger partial charge on any atom is -0.352 e. The van der Waals surface area contributed by atoms with E-state index >= 15 is 0 Å². The van der Waals surface area contributed by atoms with Crippen LogP contribution in [0.3, 0.4) is 0 Å². The summed E-state index contributed by atoms with van der Waals surface area (Å²) in [6, 6.07) is 12.1. The molecule has 0 spiro atoms. The first kappa shape index (κ1) is 13.6. The molecule has 0 atom stereocenters. The third-order valence-electron chi connectivity index (χ3n) is 3.80. The van der Waals surface area contributed by atoms with Crippen LogP contribution in [0.4, 0.5) is 5.82 Å². The fourth-order valence-corrected chi connectivity index (χ4v) is 2.69. The number of nitrogens with one attached hydrogen (secondary N) is 1. The van der Waals surface area contributed by atoms with Crippen molar-refractivity contribution >= 4 is 11.7 Å². The SMILES string of the molecule is CCNC(=O)c1ccnc(N2CCc3ccccc3C2)c1. The summed E-state index contributed by atoms with van der Waals surface area (Å²) in [4.78, 5) is 18.6. The lowest BCUT2D eigenvalue weighted by Crippen LogP contribution is -2.31. The van der Waals surface area contributed by atoms with E-state index in [4.69, 9.17) is 0 Å². The summed E-state index contributed by atoms with van der Waals surface area (Å²) >= 11 is 0. The van der Waals surface area contributed by atoms with Crippen LogP contribution in [-0.2, 0) is 13.0 Å². The minimum absolute atomic E-state index is 0.0430. The molecule has 2 aromatic rings. The molecule has 1 aliphatic heterocycles. The average molecular weight is 281 g/mol. The Labute approximate surface area is 124 Å². The lowest BCUT2D eigenvalue weighted by atomic mass is 10.00. The van der Waals surface area contributed by atoms with Crippen molar-refractivity contribution in [2.24, 2.45) is 0 Å². The number of carbonyl (C=O) groups excluding carboxylic acids is 1. The summed E-state index contributed by atoms with van der Waals surface area (Å²) < 4.78 is 0. The van der Waals surface area contributed by atoms with Gasteiger partial charge in [0.25, 0.3) is 5.91 Å². The quantitative estimate of drug-likeness (QED) is 0.939. The topological polar surface area (TPSA) is 45.2 Å². The monoisotopic (exact) mass is 281 g/mol. The van der Waals surface area contributed by atoms with Crippen molar-refractivity contribution in [3.8, 4) is 0 Å². The van der Waals surface area contributed by atoms with Crippen LogP contribution in [-0.4, -0.2) is 24.0 Å². The van der Waals surface area contributed by atoms with Gasteiger partial charge in [-0.1, -0.05) is 24.3 Å². The molecule has 1 aromatic carbocycles. The molecule has 0 aliphatic carbocycles. The molecule has 2 heterocycles. The Hall–Kier alpha value is -2.36. The van der Waals surface area contributed by atoms with Crippen molar-refractivity contribution in [2.75, 3.05) is 18.0 Å². The van der Waals surface area contributed by atoms with Crippen LogP contribution in [0.25, 0.3) is 0 Å². The molecular weight excluding hydrogens is 262 g/mol. The molecule has 108 valence electrons. The maximum absolute atomic E-state index is 11.9. The van der Waals surface area contributed by atoms with Gasteiger partial charge in [0.2, 0.25) is 0 Å². The molecule has 1 N–H and O–H groups in total. The first-order valence-corrected chi connectivity index (χ1v) is 7.34. The fraction of sp³-hybridized carbons (Fsp3) is 0.294. The highest BCUT2D eigenvalue weighted by molar-refractivity contribution is 5.94. The van der Waals surface area contributed by atoms with Crippen LogP contribution in [0.1, 0.15) is 28.4 Å². The van der Waals surface area contributed by atoms with Crippen LogP contribution in [0, 0.1) is 0 Å². The van der Waals surface area contributed by atoms with Gasteiger partial charge in [0.05, 0.1) is 0 Å². The summed E-state index contributed by atoms with van der Waals surface area (Å²) in [5.41, 5.74) is 3.42. The van der Waals surface area contributed by atoms with Gasteiger partial charge in [-0.05, 0) is 36.6 Å². The Bertz CT molecular complexity index is 654. The number of pyridine rings is 1. The summed E-state index contributed by atoms with van der Waals surface area (Å²) in [7, 11) is 0. The molecule has 1 aliphatic rings.